The molecule has 0 radical (unpaired) electrons. The molecule has 2 N–H and O–H groups in total. The monoisotopic (exact) mass is 427 g/mol. The number of fused-ring (bicyclic) bond motifs is 1. The average molecular weight is 427 g/mol. The van der Waals surface area contributed by atoms with E-state index in [1.54, 1.807) is 36.4 Å². The fraction of sp³-hybridized carbons (Fsp3) is 0.0833. The molecule has 0 saturated heterocycles. The highest BCUT2D eigenvalue weighted by Crippen LogP contribution is 2.44. The van der Waals surface area contributed by atoms with E-state index >= 15 is 0 Å². The summed E-state index contributed by atoms with van der Waals surface area (Å²) in [6, 6.07) is 19.9. The predicted molar refractivity (Wildman–Crippen MR) is 115 cm³/mol. The van der Waals surface area contributed by atoms with Crippen molar-refractivity contribution in [3.8, 4) is 17.6 Å². The number of nitriles is 1. The summed E-state index contributed by atoms with van der Waals surface area (Å²) in [5, 5.41) is 20.9. The molecule has 1 atom stereocenters. The Morgan fingerprint density at radius 1 is 1.16 bits per heavy atom. The predicted octanol–water partition coefficient (Wildman–Crippen LogP) is 4.34. The van der Waals surface area contributed by atoms with E-state index in [1.807, 2.05) is 25.1 Å². The average Bonchev–Trinajstić information content (AvgIpc) is 2.78. The van der Waals surface area contributed by atoms with E-state index in [1.165, 1.54) is 18.2 Å². The number of carbonyl (C=O) groups excluding carboxylic acids is 1. The van der Waals surface area contributed by atoms with E-state index < -0.39 is 16.8 Å². The van der Waals surface area contributed by atoms with Crippen LogP contribution in [0.15, 0.2) is 78.2 Å². The summed E-state index contributed by atoms with van der Waals surface area (Å²) in [4.78, 5) is 23.3. The van der Waals surface area contributed by atoms with Crippen LogP contribution in [0.2, 0.25) is 0 Å². The van der Waals surface area contributed by atoms with Gasteiger partial charge >= 0.3 is 5.97 Å². The summed E-state index contributed by atoms with van der Waals surface area (Å²) in [5.41, 5.74) is 8.34. The lowest BCUT2D eigenvalue weighted by molar-refractivity contribution is -0.384. The van der Waals surface area contributed by atoms with Gasteiger partial charge in [-0.1, -0.05) is 36.4 Å². The second kappa shape index (κ2) is 8.24. The molecular weight excluding hydrogens is 410 g/mol. The van der Waals surface area contributed by atoms with Gasteiger partial charge in [-0.15, -0.1) is 0 Å². The maximum absolute atomic E-state index is 12.5. The molecule has 0 amide bonds. The summed E-state index contributed by atoms with van der Waals surface area (Å²) in [6.07, 6.45) is 0. The van der Waals surface area contributed by atoms with Crippen LogP contribution in [0, 0.1) is 28.4 Å². The molecule has 0 bridgehead atoms. The number of benzene rings is 3. The van der Waals surface area contributed by atoms with Crippen molar-refractivity contribution in [2.24, 2.45) is 5.73 Å². The quantitative estimate of drug-likeness (QED) is 0.284. The molecule has 0 aliphatic carbocycles. The molecule has 32 heavy (non-hydrogen) atoms. The Morgan fingerprint density at radius 2 is 1.94 bits per heavy atom. The van der Waals surface area contributed by atoms with Gasteiger partial charge in [0, 0.05) is 23.8 Å². The molecule has 0 spiro atoms. The molecule has 8 heteroatoms. The maximum Gasteiger partial charge on any atom is 0.343 e. The number of esters is 1. The molecule has 3 aromatic rings. The number of nitrogens with zero attached hydrogens (tertiary/aromatic N) is 2. The number of hydrogen-bond donors (Lipinski definition) is 1. The summed E-state index contributed by atoms with van der Waals surface area (Å²) in [6.45, 7) is 1.81. The Bertz CT molecular complexity index is 1320. The Hall–Kier alpha value is -4.64. The first-order valence-corrected chi connectivity index (χ1v) is 9.62. The Morgan fingerprint density at radius 3 is 2.66 bits per heavy atom. The minimum atomic E-state index is -0.662. The number of nitro benzene ring substituents is 1. The first-order chi connectivity index (χ1) is 15.4. The fourth-order valence-electron chi connectivity index (χ4n) is 3.62. The second-order valence-corrected chi connectivity index (χ2v) is 7.18. The van der Waals surface area contributed by atoms with Gasteiger partial charge in [0.15, 0.2) is 0 Å². The smallest absolute Gasteiger partial charge is 0.343 e. The van der Waals surface area contributed by atoms with Crippen LogP contribution in [0.3, 0.4) is 0 Å². The van der Waals surface area contributed by atoms with Crippen molar-refractivity contribution < 1.29 is 19.2 Å². The third-order valence-corrected chi connectivity index (χ3v) is 5.18. The van der Waals surface area contributed by atoms with Gasteiger partial charge in [0.2, 0.25) is 5.88 Å². The number of aryl methyl sites for hydroxylation is 1. The zero-order valence-corrected chi connectivity index (χ0v) is 16.9. The van der Waals surface area contributed by atoms with Gasteiger partial charge in [-0.25, -0.2) is 4.79 Å². The number of non-ortho nitro benzene ring substituents is 1. The summed E-state index contributed by atoms with van der Waals surface area (Å²) < 4.78 is 11.1. The minimum Gasteiger partial charge on any atom is -0.440 e. The van der Waals surface area contributed by atoms with Crippen molar-refractivity contribution >= 4 is 11.7 Å². The van der Waals surface area contributed by atoms with Gasteiger partial charge in [-0.2, -0.15) is 5.26 Å². The molecule has 1 heterocycles. The first kappa shape index (κ1) is 20.6. The highest BCUT2D eigenvalue weighted by molar-refractivity contribution is 5.92. The minimum absolute atomic E-state index is 0.102. The number of rotatable bonds is 4. The topological polar surface area (TPSA) is 128 Å². The molecule has 3 aromatic carbocycles. The molecule has 4 rings (SSSR count). The third-order valence-electron chi connectivity index (χ3n) is 5.18. The van der Waals surface area contributed by atoms with E-state index in [0.29, 0.717) is 22.4 Å². The van der Waals surface area contributed by atoms with Crippen molar-refractivity contribution in [3.63, 3.8) is 0 Å². The van der Waals surface area contributed by atoms with E-state index in [2.05, 4.69) is 0 Å². The first-order valence-electron chi connectivity index (χ1n) is 9.62. The van der Waals surface area contributed by atoms with E-state index in [0.717, 1.165) is 5.56 Å². The molecule has 0 fully saturated rings. The van der Waals surface area contributed by atoms with Crippen molar-refractivity contribution in [1.82, 2.24) is 0 Å². The zero-order chi connectivity index (χ0) is 22.8. The Balaban J connectivity index is 1.73. The van der Waals surface area contributed by atoms with Gasteiger partial charge in [-0.05, 0) is 30.2 Å². The van der Waals surface area contributed by atoms with Crippen LogP contribution in [0.25, 0.3) is 0 Å². The highest BCUT2D eigenvalue weighted by Gasteiger charge is 2.32. The molecule has 8 nitrogen and oxygen atoms in total. The largest absolute Gasteiger partial charge is 0.440 e. The third kappa shape index (κ3) is 3.75. The van der Waals surface area contributed by atoms with Gasteiger partial charge in [0.25, 0.3) is 5.69 Å². The van der Waals surface area contributed by atoms with Crippen LogP contribution < -0.4 is 15.2 Å². The van der Waals surface area contributed by atoms with Crippen LogP contribution in [-0.2, 0) is 0 Å². The summed E-state index contributed by atoms with van der Waals surface area (Å²) >= 11 is 0. The SMILES string of the molecule is Cc1ccccc1C(=O)Oc1ccc2c(c1)OC(N)=C(C#N)C2c1cccc([N+](=O)[O-])c1. The standard InChI is InChI=1S/C24H17N3O5/c1-14-5-2-3-8-18(14)24(28)31-17-9-10-19-21(12-17)32-23(26)20(13-25)22(19)15-6-4-7-16(11-15)27(29)30/h2-12,22H,26H2,1H3. The normalized spacial score (nSPS) is 14.7. The summed E-state index contributed by atoms with van der Waals surface area (Å²) in [5.74, 6) is -0.755. The number of hydrogen-bond acceptors (Lipinski definition) is 7. The van der Waals surface area contributed by atoms with Crippen LogP contribution in [0.5, 0.6) is 11.5 Å². The van der Waals surface area contributed by atoms with Crippen LogP contribution in [-0.4, -0.2) is 10.9 Å². The molecule has 0 aromatic heterocycles. The molecular formula is C24H17N3O5. The number of carbonyl (C=O) groups is 1. The van der Waals surface area contributed by atoms with Crippen LogP contribution in [0.1, 0.15) is 33.0 Å². The molecule has 0 saturated carbocycles. The maximum atomic E-state index is 12.5. The number of nitrogens with two attached hydrogens (primary N) is 1. The van der Waals surface area contributed by atoms with Gasteiger partial charge in [0.05, 0.1) is 16.4 Å². The Labute approximate surface area is 183 Å². The number of ether oxygens (including phenoxy) is 2. The van der Waals surface area contributed by atoms with E-state index in [9.17, 15) is 20.2 Å². The lowest BCUT2D eigenvalue weighted by Crippen LogP contribution is -2.21. The molecule has 158 valence electrons. The van der Waals surface area contributed by atoms with Crippen molar-refractivity contribution in [1.29, 1.82) is 5.26 Å². The van der Waals surface area contributed by atoms with Crippen molar-refractivity contribution in [2.75, 3.05) is 0 Å². The van der Waals surface area contributed by atoms with E-state index in [4.69, 9.17) is 15.2 Å². The van der Waals surface area contributed by atoms with Crippen LogP contribution >= 0.6 is 0 Å². The molecule has 1 aliphatic heterocycles. The van der Waals surface area contributed by atoms with E-state index in [-0.39, 0.29) is 22.9 Å². The lowest BCUT2D eigenvalue weighted by atomic mass is 9.83. The molecule has 1 unspecified atom stereocenters. The number of nitro groups is 1. The fourth-order valence-corrected chi connectivity index (χ4v) is 3.62. The molecule has 1 aliphatic rings. The van der Waals surface area contributed by atoms with Gasteiger partial charge in [-0.3, -0.25) is 10.1 Å². The van der Waals surface area contributed by atoms with Crippen molar-refractivity contribution in [2.45, 2.75) is 12.8 Å². The summed E-state index contributed by atoms with van der Waals surface area (Å²) in [7, 11) is 0. The highest BCUT2D eigenvalue weighted by atomic mass is 16.6. The number of allylic oxidation sites excluding steroid dienone is 1. The van der Waals surface area contributed by atoms with Gasteiger partial charge in [0.1, 0.15) is 23.1 Å². The zero-order valence-electron chi connectivity index (χ0n) is 16.9. The Kier molecular flexibility index (Phi) is 5.31. The van der Waals surface area contributed by atoms with Crippen molar-refractivity contribution in [3.05, 3.63) is 111 Å². The van der Waals surface area contributed by atoms with Crippen LogP contribution in [0.4, 0.5) is 5.69 Å². The lowest BCUT2D eigenvalue weighted by Gasteiger charge is -2.26. The second-order valence-electron chi connectivity index (χ2n) is 7.18. The van der Waals surface area contributed by atoms with Gasteiger partial charge < -0.3 is 15.2 Å².